The first-order valence-corrected chi connectivity index (χ1v) is 7.42. The number of benzene rings is 2. The molecule has 0 heterocycles. The summed E-state index contributed by atoms with van der Waals surface area (Å²) in [6.45, 7) is 5.94. The summed E-state index contributed by atoms with van der Waals surface area (Å²) in [4.78, 5) is 12.2. The van der Waals surface area contributed by atoms with Crippen LogP contribution in [0.2, 0.25) is 10.0 Å². The maximum atomic E-state index is 12.2. The molecule has 0 atom stereocenters. The molecule has 0 amide bonds. The fourth-order valence-electron chi connectivity index (χ4n) is 1.95. The lowest BCUT2D eigenvalue weighted by Gasteiger charge is -2.15. The van der Waals surface area contributed by atoms with Crippen molar-refractivity contribution in [3.63, 3.8) is 0 Å². The molecular weight excluding hydrogens is 307 g/mol. The molecule has 2 nitrogen and oxygen atoms in total. The molecule has 2 aromatic rings. The Hall–Kier alpha value is -1.51. The van der Waals surface area contributed by atoms with Gasteiger partial charge in [-0.1, -0.05) is 37.0 Å². The number of ether oxygens (including phenoxy) is 1. The van der Waals surface area contributed by atoms with E-state index in [0.717, 1.165) is 11.1 Å². The van der Waals surface area contributed by atoms with Crippen LogP contribution in [-0.2, 0) is 0 Å². The first-order valence-electron chi connectivity index (χ1n) is 6.66. The van der Waals surface area contributed by atoms with E-state index in [1.807, 2.05) is 26.8 Å². The van der Waals surface area contributed by atoms with Gasteiger partial charge >= 0.3 is 5.97 Å². The van der Waals surface area contributed by atoms with Gasteiger partial charge in [-0.2, -0.15) is 0 Å². The molecule has 110 valence electrons. The number of carbonyl (C=O) groups excluding carboxylic acids is 1. The first kappa shape index (κ1) is 15.9. The fraction of sp³-hybridized carbons (Fsp3) is 0.235. The zero-order valence-electron chi connectivity index (χ0n) is 12.1. The van der Waals surface area contributed by atoms with E-state index < -0.39 is 5.97 Å². The molecule has 0 spiro atoms. The van der Waals surface area contributed by atoms with Gasteiger partial charge in [0, 0.05) is 10.0 Å². The lowest BCUT2D eigenvalue weighted by atomic mass is 10.0. The number of hydrogen-bond donors (Lipinski definition) is 0. The maximum Gasteiger partial charge on any atom is 0.343 e. The molecule has 0 saturated heterocycles. The minimum Gasteiger partial charge on any atom is -0.423 e. The van der Waals surface area contributed by atoms with Crippen LogP contribution in [0.3, 0.4) is 0 Å². The first-order chi connectivity index (χ1) is 9.88. The van der Waals surface area contributed by atoms with Gasteiger partial charge < -0.3 is 4.74 Å². The monoisotopic (exact) mass is 322 g/mol. The van der Waals surface area contributed by atoms with Crippen molar-refractivity contribution in [3.8, 4) is 5.75 Å². The van der Waals surface area contributed by atoms with Crippen molar-refractivity contribution >= 4 is 29.2 Å². The van der Waals surface area contributed by atoms with Gasteiger partial charge in [0.25, 0.3) is 0 Å². The van der Waals surface area contributed by atoms with Gasteiger partial charge in [0.1, 0.15) is 5.75 Å². The molecule has 0 aliphatic rings. The predicted octanol–water partition coefficient (Wildman–Crippen LogP) is 5.64. The lowest BCUT2D eigenvalue weighted by molar-refractivity contribution is 0.0733. The quantitative estimate of drug-likeness (QED) is 0.539. The van der Waals surface area contributed by atoms with Crippen LogP contribution in [-0.4, -0.2) is 5.97 Å². The van der Waals surface area contributed by atoms with Crippen LogP contribution >= 0.6 is 23.2 Å². The molecule has 0 unspecified atom stereocenters. The summed E-state index contributed by atoms with van der Waals surface area (Å²) in [5.41, 5.74) is 2.24. The average Bonchev–Trinajstić information content (AvgIpc) is 2.43. The van der Waals surface area contributed by atoms with Crippen LogP contribution in [0.1, 0.15) is 41.3 Å². The van der Waals surface area contributed by atoms with E-state index in [9.17, 15) is 4.79 Å². The number of hydrogen-bond acceptors (Lipinski definition) is 2. The van der Waals surface area contributed by atoms with Gasteiger partial charge in [-0.25, -0.2) is 4.79 Å². The van der Waals surface area contributed by atoms with Gasteiger partial charge in [0.05, 0.1) is 5.56 Å². The Labute approximate surface area is 134 Å². The Morgan fingerprint density at radius 2 is 1.71 bits per heavy atom. The average molecular weight is 323 g/mol. The van der Waals surface area contributed by atoms with E-state index in [2.05, 4.69) is 0 Å². The molecule has 0 aliphatic carbocycles. The largest absolute Gasteiger partial charge is 0.423 e. The van der Waals surface area contributed by atoms with Gasteiger partial charge in [-0.15, -0.1) is 0 Å². The number of rotatable bonds is 3. The Morgan fingerprint density at radius 3 is 2.29 bits per heavy atom. The Bertz CT molecular complexity index is 661. The predicted molar refractivity (Wildman–Crippen MR) is 86.7 cm³/mol. The summed E-state index contributed by atoms with van der Waals surface area (Å²) in [6, 6.07) is 10.3. The van der Waals surface area contributed by atoms with Crippen molar-refractivity contribution in [3.05, 3.63) is 63.1 Å². The van der Waals surface area contributed by atoms with Crippen LogP contribution in [0.4, 0.5) is 0 Å². The van der Waals surface area contributed by atoms with Crippen molar-refractivity contribution in [2.45, 2.75) is 26.7 Å². The normalized spacial score (nSPS) is 10.8. The topological polar surface area (TPSA) is 26.3 Å². The summed E-state index contributed by atoms with van der Waals surface area (Å²) in [6.07, 6.45) is 0. The van der Waals surface area contributed by atoms with Crippen LogP contribution < -0.4 is 4.74 Å². The van der Waals surface area contributed by atoms with Gasteiger partial charge in [-0.05, 0) is 60.4 Å². The Kier molecular flexibility index (Phi) is 4.92. The molecule has 0 N–H and O–H groups in total. The minimum atomic E-state index is -0.407. The highest BCUT2D eigenvalue weighted by Gasteiger charge is 2.15. The number of carbonyl (C=O) groups is 1. The molecule has 0 fully saturated rings. The van der Waals surface area contributed by atoms with Gasteiger partial charge in [0.2, 0.25) is 0 Å². The second kappa shape index (κ2) is 6.50. The number of esters is 1. The summed E-state index contributed by atoms with van der Waals surface area (Å²) >= 11 is 12.0. The summed E-state index contributed by atoms with van der Waals surface area (Å²) in [5.74, 6) is 0.346. The second-order valence-corrected chi connectivity index (χ2v) is 6.03. The number of halogens is 2. The fourth-order valence-corrected chi connectivity index (χ4v) is 2.25. The highest BCUT2D eigenvalue weighted by atomic mass is 35.5. The van der Waals surface area contributed by atoms with Crippen molar-refractivity contribution in [1.82, 2.24) is 0 Å². The maximum absolute atomic E-state index is 12.2. The minimum absolute atomic E-state index is 0.205. The molecule has 2 aromatic carbocycles. The summed E-state index contributed by atoms with van der Waals surface area (Å²) < 4.78 is 5.53. The lowest BCUT2D eigenvalue weighted by Crippen LogP contribution is -2.10. The molecule has 2 rings (SSSR count). The molecule has 0 saturated carbocycles. The molecular formula is C17H16Cl2O2. The summed E-state index contributed by atoms with van der Waals surface area (Å²) in [7, 11) is 0. The molecule has 21 heavy (non-hydrogen) atoms. The van der Waals surface area contributed by atoms with E-state index in [1.54, 1.807) is 30.3 Å². The van der Waals surface area contributed by atoms with Crippen LogP contribution in [0.5, 0.6) is 5.75 Å². The van der Waals surface area contributed by atoms with E-state index in [1.165, 1.54) is 0 Å². The van der Waals surface area contributed by atoms with Crippen molar-refractivity contribution in [2.24, 2.45) is 0 Å². The van der Waals surface area contributed by atoms with Crippen LogP contribution in [0.25, 0.3) is 0 Å². The molecule has 0 aromatic heterocycles. The van der Waals surface area contributed by atoms with Gasteiger partial charge in [0.15, 0.2) is 0 Å². The zero-order valence-corrected chi connectivity index (χ0v) is 13.6. The Balaban J connectivity index is 2.32. The van der Waals surface area contributed by atoms with Crippen LogP contribution in [0.15, 0.2) is 36.4 Å². The van der Waals surface area contributed by atoms with Crippen molar-refractivity contribution in [1.29, 1.82) is 0 Å². The Morgan fingerprint density at radius 1 is 1.10 bits per heavy atom. The highest BCUT2D eigenvalue weighted by Crippen LogP contribution is 2.32. The summed E-state index contributed by atoms with van der Waals surface area (Å²) in [5, 5.41) is 1.25. The molecule has 0 aliphatic heterocycles. The third-order valence-electron chi connectivity index (χ3n) is 3.20. The van der Waals surface area contributed by atoms with Gasteiger partial charge in [-0.3, -0.25) is 0 Å². The van der Waals surface area contributed by atoms with Crippen molar-refractivity contribution < 1.29 is 9.53 Å². The highest BCUT2D eigenvalue weighted by molar-refractivity contribution is 6.31. The van der Waals surface area contributed by atoms with E-state index in [4.69, 9.17) is 27.9 Å². The van der Waals surface area contributed by atoms with E-state index in [-0.39, 0.29) is 5.92 Å². The molecule has 4 heteroatoms. The smallest absolute Gasteiger partial charge is 0.343 e. The van der Waals surface area contributed by atoms with Crippen LogP contribution in [0, 0.1) is 6.92 Å². The third kappa shape index (κ3) is 3.78. The zero-order chi connectivity index (χ0) is 15.6. The second-order valence-electron chi connectivity index (χ2n) is 5.19. The molecule has 0 radical (unpaired) electrons. The van der Waals surface area contributed by atoms with E-state index >= 15 is 0 Å². The number of aryl methyl sites for hydroxylation is 1. The molecule has 0 bridgehead atoms. The SMILES string of the molecule is Cc1cc(OC(=O)c2ccc(Cl)cc2)c(C(C)C)cc1Cl. The third-order valence-corrected chi connectivity index (χ3v) is 3.85. The standard InChI is InChI=1S/C17H16Cl2O2/c1-10(2)14-9-15(19)11(3)8-16(14)21-17(20)12-4-6-13(18)7-5-12/h4-10H,1-3H3. The van der Waals surface area contributed by atoms with Crippen molar-refractivity contribution in [2.75, 3.05) is 0 Å². The van der Waals surface area contributed by atoms with E-state index in [0.29, 0.717) is 21.4 Å².